The van der Waals surface area contributed by atoms with Crippen LogP contribution in [0.25, 0.3) is 16.9 Å². The van der Waals surface area contributed by atoms with E-state index in [1.807, 2.05) is 18.2 Å². The van der Waals surface area contributed by atoms with Crippen molar-refractivity contribution in [1.82, 2.24) is 9.78 Å². The molecule has 7 heteroatoms. The van der Waals surface area contributed by atoms with Gasteiger partial charge in [0.15, 0.2) is 0 Å². The lowest BCUT2D eigenvalue weighted by Crippen LogP contribution is -2.17. The summed E-state index contributed by atoms with van der Waals surface area (Å²) in [6.45, 7) is 0. The van der Waals surface area contributed by atoms with Crippen molar-refractivity contribution in [3.8, 4) is 22.7 Å². The van der Waals surface area contributed by atoms with E-state index in [4.69, 9.17) is 16.3 Å². The Hall–Kier alpha value is -3.64. The van der Waals surface area contributed by atoms with Crippen molar-refractivity contribution in [1.29, 1.82) is 0 Å². The molecule has 0 fully saturated rings. The van der Waals surface area contributed by atoms with Gasteiger partial charge in [0.1, 0.15) is 17.3 Å². The Labute approximate surface area is 177 Å². The number of nitrogens with one attached hydrogen (secondary N) is 1. The molecule has 3 aromatic carbocycles. The number of halogens is 2. The molecule has 0 aliphatic heterocycles. The molecule has 4 aromatic rings. The SMILES string of the molecule is COc1ccc(-n2nc(-c3ccccc3Cl)cc2C(=O)Nc2ccc(F)cc2)cc1. The van der Waals surface area contributed by atoms with Crippen molar-refractivity contribution in [3.05, 3.63) is 95.4 Å². The Morgan fingerprint density at radius 2 is 1.73 bits per heavy atom. The van der Waals surface area contributed by atoms with Crippen LogP contribution in [0.4, 0.5) is 10.1 Å². The number of rotatable bonds is 5. The number of amides is 1. The number of carbonyl (C=O) groups excluding carboxylic acids is 1. The average molecular weight is 422 g/mol. The van der Waals surface area contributed by atoms with Crippen LogP contribution < -0.4 is 10.1 Å². The van der Waals surface area contributed by atoms with E-state index in [-0.39, 0.29) is 11.7 Å². The van der Waals surface area contributed by atoms with Crippen molar-refractivity contribution in [2.24, 2.45) is 0 Å². The molecule has 0 aliphatic carbocycles. The lowest BCUT2D eigenvalue weighted by Gasteiger charge is -2.09. The van der Waals surface area contributed by atoms with Crippen LogP contribution >= 0.6 is 11.6 Å². The first-order chi connectivity index (χ1) is 14.5. The van der Waals surface area contributed by atoms with Crippen molar-refractivity contribution >= 4 is 23.2 Å². The summed E-state index contributed by atoms with van der Waals surface area (Å²) in [5.74, 6) is -0.0740. The van der Waals surface area contributed by atoms with Crippen LogP contribution in [-0.2, 0) is 0 Å². The molecular formula is C23H17ClFN3O2. The van der Waals surface area contributed by atoms with Crippen LogP contribution in [0.3, 0.4) is 0 Å². The molecule has 1 amide bonds. The Balaban J connectivity index is 1.77. The Bertz CT molecular complexity index is 1190. The minimum atomic E-state index is -0.386. The monoisotopic (exact) mass is 421 g/mol. The highest BCUT2D eigenvalue weighted by Crippen LogP contribution is 2.29. The van der Waals surface area contributed by atoms with Crippen LogP contribution in [0.2, 0.25) is 5.02 Å². The molecule has 0 saturated heterocycles. The van der Waals surface area contributed by atoms with E-state index in [2.05, 4.69) is 10.4 Å². The third-order valence-corrected chi connectivity index (χ3v) is 4.84. The third kappa shape index (κ3) is 4.04. The quantitative estimate of drug-likeness (QED) is 0.456. The van der Waals surface area contributed by atoms with Gasteiger partial charge >= 0.3 is 0 Å². The first kappa shape index (κ1) is 19.7. The summed E-state index contributed by atoms with van der Waals surface area (Å²) in [6.07, 6.45) is 0. The summed E-state index contributed by atoms with van der Waals surface area (Å²) in [5.41, 5.74) is 2.73. The van der Waals surface area contributed by atoms with Crippen LogP contribution in [0, 0.1) is 5.82 Å². The molecule has 0 atom stereocenters. The van der Waals surface area contributed by atoms with Crippen molar-refractivity contribution in [2.45, 2.75) is 0 Å². The Morgan fingerprint density at radius 3 is 2.40 bits per heavy atom. The van der Waals surface area contributed by atoms with Crippen LogP contribution in [0.1, 0.15) is 10.5 Å². The highest BCUT2D eigenvalue weighted by molar-refractivity contribution is 6.33. The highest BCUT2D eigenvalue weighted by atomic mass is 35.5. The third-order valence-electron chi connectivity index (χ3n) is 4.51. The molecule has 1 N–H and O–H groups in total. The van der Waals surface area contributed by atoms with Crippen LogP contribution in [0.5, 0.6) is 5.75 Å². The second-order valence-corrected chi connectivity index (χ2v) is 6.87. The van der Waals surface area contributed by atoms with E-state index in [0.29, 0.717) is 39.1 Å². The van der Waals surface area contributed by atoms with Gasteiger partial charge in [-0.25, -0.2) is 9.07 Å². The van der Waals surface area contributed by atoms with E-state index in [1.54, 1.807) is 43.5 Å². The highest BCUT2D eigenvalue weighted by Gasteiger charge is 2.19. The van der Waals surface area contributed by atoms with Gasteiger partial charge in [0, 0.05) is 11.3 Å². The number of benzene rings is 3. The van der Waals surface area contributed by atoms with E-state index in [0.717, 1.165) is 0 Å². The number of anilines is 1. The normalized spacial score (nSPS) is 10.6. The lowest BCUT2D eigenvalue weighted by molar-refractivity contribution is 0.101. The minimum Gasteiger partial charge on any atom is -0.497 e. The van der Waals surface area contributed by atoms with Gasteiger partial charge < -0.3 is 10.1 Å². The lowest BCUT2D eigenvalue weighted by atomic mass is 10.1. The summed E-state index contributed by atoms with van der Waals surface area (Å²) in [7, 11) is 1.58. The van der Waals surface area contributed by atoms with Gasteiger partial charge in [0.2, 0.25) is 0 Å². The van der Waals surface area contributed by atoms with E-state index < -0.39 is 0 Å². The van der Waals surface area contributed by atoms with Gasteiger partial charge in [-0.15, -0.1) is 0 Å². The fraction of sp³-hybridized carbons (Fsp3) is 0.0435. The molecule has 0 bridgehead atoms. The van der Waals surface area contributed by atoms with Gasteiger partial charge in [-0.1, -0.05) is 29.8 Å². The standard InChI is InChI=1S/C23H17ClFN3O2/c1-30-18-12-10-17(11-13-18)28-22(23(29)26-16-8-6-15(25)7-9-16)14-21(27-28)19-4-2-3-5-20(19)24/h2-14H,1H3,(H,26,29). The molecule has 0 aliphatic rings. The zero-order chi connectivity index (χ0) is 21.1. The first-order valence-electron chi connectivity index (χ1n) is 9.11. The molecule has 4 rings (SSSR count). The maximum Gasteiger partial charge on any atom is 0.274 e. The molecule has 150 valence electrons. The Kier molecular flexibility index (Phi) is 5.50. The Morgan fingerprint density at radius 1 is 1.03 bits per heavy atom. The molecule has 30 heavy (non-hydrogen) atoms. The number of hydrogen-bond acceptors (Lipinski definition) is 3. The molecular weight excluding hydrogens is 405 g/mol. The molecule has 0 spiro atoms. The number of methoxy groups -OCH3 is 1. The van der Waals surface area contributed by atoms with Crippen molar-refractivity contribution in [2.75, 3.05) is 12.4 Å². The summed E-state index contributed by atoms with van der Waals surface area (Å²) in [4.78, 5) is 13.0. The second-order valence-electron chi connectivity index (χ2n) is 6.47. The first-order valence-corrected chi connectivity index (χ1v) is 9.49. The predicted molar refractivity (Wildman–Crippen MR) is 115 cm³/mol. The van der Waals surface area contributed by atoms with Gasteiger partial charge in [-0.3, -0.25) is 4.79 Å². The molecule has 0 unspecified atom stereocenters. The van der Waals surface area contributed by atoms with Crippen molar-refractivity contribution in [3.63, 3.8) is 0 Å². The maximum atomic E-state index is 13.2. The molecule has 1 heterocycles. The summed E-state index contributed by atoms with van der Waals surface area (Å²) < 4.78 is 19.9. The predicted octanol–water partition coefficient (Wildman–Crippen LogP) is 5.59. The zero-order valence-corrected chi connectivity index (χ0v) is 16.7. The minimum absolute atomic E-state index is 0.305. The maximum absolute atomic E-state index is 13.2. The number of hydrogen-bond donors (Lipinski definition) is 1. The molecule has 0 saturated carbocycles. The number of nitrogens with zero attached hydrogens (tertiary/aromatic N) is 2. The van der Waals surface area contributed by atoms with Crippen LogP contribution in [-0.4, -0.2) is 22.8 Å². The average Bonchev–Trinajstić information content (AvgIpc) is 3.21. The molecule has 0 radical (unpaired) electrons. The van der Waals surface area contributed by atoms with E-state index in [9.17, 15) is 9.18 Å². The van der Waals surface area contributed by atoms with E-state index >= 15 is 0 Å². The zero-order valence-electron chi connectivity index (χ0n) is 16.0. The second kappa shape index (κ2) is 8.39. The van der Waals surface area contributed by atoms with E-state index in [1.165, 1.54) is 28.9 Å². The molecule has 5 nitrogen and oxygen atoms in total. The summed E-state index contributed by atoms with van der Waals surface area (Å²) >= 11 is 6.33. The fourth-order valence-electron chi connectivity index (χ4n) is 2.99. The van der Waals surface area contributed by atoms with Gasteiger partial charge in [0.05, 0.1) is 23.5 Å². The van der Waals surface area contributed by atoms with Gasteiger partial charge in [-0.2, -0.15) is 5.10 Å². The number of carbonyl (C=O) groups is 1. The largest absolute Gasteiger partial charge is 0.497 e. The van der Waals surface area contributed by atoms with Crippen LogP contribution in [0.15, 0.2) is 78.9 Å². The smallest absolute Gasteiger partial charge is 0.274 e. The van der Waals surface area contributed by atoms with Gasteiger partial charge in [0.25, 0.3) is 5.91 Å². The summed E-state index contributed by atoms with van der Waals surface area (Å²) in [6, 6.07) is 21.7. The van der Waals surface area contributed by atoms with Gasteiger partial charge in [-0.05, 0) is 60.7 Å². The topological polar surface area (TPSA) is 56.2 Å². The molecule has 1 aromatic heterocycles. The summed E-state index contributed by atoms with van der Waals surface area (Å²) in [5, 5.41) is 7.92. The fourth-order valence-corrected chi connectivity index (χ4v) is 3.22. The van der Waals surface area contributed by atoms with Crippen molar-refractivity contribution < 1.29 is 13.9 Å². The number of ether oxygens (including phenoxy) is 1. The number of aromatic nitrogens is 2.